The molecular formula is C14H17N3S2. The molecule has 0 unspecified atom stereocenters. The smallest absolute Gasteiger partial charge is 0.136 e. The fraction of sp³-hybridized carbons (Fsp3) is 0.286. The van der Waals surface area contributed by atoms with Crippen LogP contribution in [0.5, 0.6) is 0 Å². The minimum absolute atomic E-state index is 0.383. The summed E-state index contributed by atoms with van der Waals surface area (Å²) < 4.78 is 0. The lowest BCUT2D eigenvalue weighted by molar-refractivity contribution is 1.13. The number of aromatic nitrogens is 1. The number of nitrogens with zero attached hydrogens (tertiary/aromatic N) is 1. The van der Waals surface area contributed by atoms with E-state index in [4.69, 9.17) is 18.0 Å². The number of aryl methyl sites for hydroxylation is 2. The van der Waals surface area contributed by atoms with Crippen LogP contribution < -0.4 is 11.1 Å². The van der Waals surface area contributed by atoms with E-state index in [9.17, 15) is 0 Å². The van der Waals surface area contributed by atoms with Gasteiger partial charge in [-0.25, -0.2) is 4.98 Å². The van der Waals surface area contributed by atoms with Crippen LogP contribution in [0, 0.1) is 6.92 Å². The first-order chi connectivity index (χ1) is 9.11. The topological polar surface area (TPSA) is 50.9 Å². The number of nitrogens with two attached hydrogens (primary N) is 1. The molecule has 3 N–H and O–H groups in total. The van der Waals surface area contributed by atoms with Gasteiger partial charge in [-0.15, -0.1) is 11.3 Å². The van der Waals surface area contributed by atoms with E-state index in [-0.39, 0.29) is 0 Å². The lowest BCUT2D eigenvalue weighted by Crippen LogP contribution is -2.15. The lowest BCUT2D eigenvalue weighted by atomic mass is 10.1. The van der Waals surface area contributed by atoms with E-state index < -0.39 is 0 Å². The number of hydrogen-bond donors (Lipinski definition) is 2. The summed E-state index contributed by atoms with van der Waals surface area (Å²) in [6.07, 6.45) is 2.84. The fourth-order valence-corrected chi connectivity index (χ4v) is 3.04. The zero-order chi connectivity index (χ0) is 13.8. The van der Waals surface area contributed by atoms with Crippen LogP contribution in [-0.2, 0) is 13.0 Å². The molecule has 5 heteroatoms. The first-order valence-corrected chi connectivity index (χ1v) is 7.41. The molecule has 100 valence electrons. The van der Waals surface area contributed by atoms with Crippen LogP contribution in [0.15, 0.2) is 24.4 Å². The molecule has 2 rings (SSSR count). The summed E-state index contributed by atoms with van der Waals surface area (Å²) in [5.41, 5.74) is 7.65. The van der Waals surface area contributed by atoms with E-state index >= 15 is 0 Å². The maximum Gasteiger partial charge on any atom is 0.136 e. The van der Waals surface area contributed by atoms with Crippen LogP contribution >= 0.6 is 23.6 Å². The van der Waals surface area contributed by atoms with Gasteiger partial charge >= 0.3 is 0 Å². The number of pyridine rings is 1. The van der Waals surface area contributed by atoms with Gasteiger partial charge in [0.1, 0.15) is 10.8 Å². The van der Waals surface area contributed by atoms with Crippen LogP contribution in [0.2, 0.25) is 0 Å². The number of thiocarbonyl (C=S) groups is 1. The van der Waals surface area contributed by atoms with Gasteiger partial charge in [0.2, 0.25) is 0 Å². The average molecular weight is 291 g/mol. The van der Waals surface area contributed by atoms with Gasteiger partial charge in [-0.05, 0) is 37.1 Å². The van der Waals surface area contributed by atoms with E-state index in [1.165, 1.54) is 9.75 Å². The third kappa shape index (κ3) is 3.30. The van der Waals surface area contributed by atoms with Gasteiger partial charge in [0, 0.05) is 16.0 Å². The Kier molecular flexibility index (Phi) is 4.50. The summed E-state index contributed by atoms with van der Waals surface area (Å²) in [6, 6.07) is 6.23. The highest BCUT2D eigenvalue weighted by Crippen LogP contribution is 2.20. The summed E-state index contributed by atoms with van der Waals surface area (Å²) >= 11 is 6.91. The first-order valence-electron chi connectivity index (χ1n) is 6.18. The van der Waals surface area contributed by atoms with Crippen LogP contribution in [0.4, 0.5) is 5.82 Å². The summed E-state index contributed by atoms with van der Waals surface area (Å²) in [5, 5.41) is 3.32. The molecule has 2 aromatic heterocycles. The van der Waals surface area contributed by atoms with Crippen molar-refractivity contribution in [1.82, 2.24) is 4.98 Å². The molecule has 3 nitrogen and oxygen atoms in total. The summed E-state index contributed by atoms with van der Waals surface area (Å²) in [6.45, 7) is 4.90. The fourth-order valence-electron chi connectivity index (χ4n) is 1.88. The Morgan fingerprint density at radius 1 is 1.37 bits per heavy atom. The summed E-state index contributed by atoms with van der Waals surface area (Å²) in [7, 11) is 0. The molecular weight excluding hydrogens is 274 g/mol. The van der Waals surface area contributed by atoms with E-state index in [2.05, 4.69) is 29.4 Å². The molecule has 0 aliphatic rings. The molecule has 2 heterocycles. The van der Waals surface area contributed by atoms with Crippen LogP contribution in [-0.4, -0.2) is 9.97 Å². The maximum atomic E-state index is 5.76. The van der Waals surface area contributed by atoms with Crippen molar-refractivity contribution >= 4 is 34.4 Å². The highest BCUT2D eigenvalue weighted by molar-refractivity contribution is 7.80. The van der Waals surface area contributed by atoms with Crippen molar-refractivity contribution in [1.29, 1.82) is 0 Å². The minimum atomic E-state index is 0.383. The number of rotatable bonds is 5. The van der Waals surface area contributed by atoms with Gasteiger partial charge in [0.05, 0.1) is 12.1 Å². The highest BCUT2D eigenvalue weighted by Gasteiger charge is 2.09. The lowest BCUT2D eigenvalue weighted by Gasteiger charge is -2.11. The highest BCUT2D eigenvalue weighted by atomic mass is 32.1. The molecule has 0 saturated heterocycles. The van der Waals surface area contributed by atoms with Crippen molar-refractivity contribution in [3.8, 4) is 0 Å². The minimum Gasteiger partial charge on any atom is -0.389 e. The van der Waals surface area contributed by atoms with Gasteiger partial charge in [-0.3, -0.25) is 0 Å². The van der Waals surface area contributed by atoms with Crippen molar-refractivity contribution in [3.63, 3.8) is 0 Å². The summed E-state index contributed by atoms with van der Waals surface area (Å²) in [4.78, 5) is 7.39. The second kappa shape index (κ2) is 6.12. The number of hydrogen-bond acceptors (Lipinski definition) is 4. The molecule has 0 aliphatic heterocycles. The Morgan fingerprint density at radius 3 is 2.74 bits per heavy atom. The van der Waals surface area contributed by atoms with E-state index in [1.807, 2.05) is 24.3 Å². The number of nitrogens with one attached hydrogen (secondary N) is 1. The van der Waals surface area contributed by atoms with Gasteiger partial charge in [0.15, 0.2) is 0 Å². The monoisotopic (exact) mass is 291 g/mol. The van der Waals surface area contributed by atoms with Crippen molar-refractivity contribution in [3.05, 3.63) is 45.3 Å². The van der Waals surface area contributed by atoms with Gasteiger partial charge in [-0.1, -0.05) is 19.1 Å². The van der Waals surface area contributed by atoms with Crippen molar-refractivity contribution < 1.29 is 0 Å². The molecule has 0 fully saturated rings. The van der Waals surface area contributed by atoms with E-state index in [1.54, 1.807) is 6.20 Å². The average Bonchev–Trinajstić information content (AvgIpc) is 2.83. The predicted octanol–water partition coefficient (Wildman–Crippen LogP) is 3.26. The second-order valence-corrected chi connectivity index (χ2v) is 5.98. The molecule has 0 spiro atoms. The maximum absolute atomic E-state index is 5.76. The number of thiophene rings is 1. The zero-order valence-corrected chi connectivity index (χ0v) is 12.7. The normalized spacial score (nSPS) is 10.4. The molecule has 0 atom stereocenters. The first kappa shape index (κ1) is 14.0. The molecule has 0 aromatic carbocycles. The SMILES string of the molecule is CCc1ccc(CNc2nccc(C)c2C(N)=S)s1. The molecule has 2 aromatic rings. The van der Waals surface area contributed by atoms with Gasteiger partial charge < -0.3 is 11.1 Å². The van der Waals surface area contributed by atoms with Crippen LogP contribution in [0.1, 0.15) is 27.8 Å². The van der Waals surface area contributed by atoms with Crippen molar-refractivity contribution in [2.45, 2.75) is 26.8 Å². The standard InChI is InChI=1S/C14H17N3S2/c1-3-10-4-5-11(19-10)8-17-14-12(13(15)18)9(2)6-7-16-14/h4-7H,3,8H2,1-2H3,(H2,15,18)(H,16,17). The Bertz CT molecular complexity index is 590. The second-order valence-electron chi connectivity index (χ2n) is 4.29. The van der Waals surface area contributed by atoms with Gasteiger partial charge in [0.25, 0.3) is 0 Å². The third-order valence-corrected chi connectivity index (χ3v) is 4.34. The quantitative estimate of drug-likeness (QED) is 0.830. The predicted molar refractivity (Wildman–Crippen MR) is 85.9 cm³/mol. The molecule has 0 bridgehead atoms. The van der Waals surface area contributed by atoms with Crippen LogP contribution in [0.3, 0.4) is 0 Å². The molecule has 0 aliphatic carbocycles. The van der Waals surface area contributed by atoms with E-state index in [0.29, 0.717) is 4.99 Å². The van der Waals surface area contributed by atoms with E-state index in [0.717, 1.165) is 29.9 Å². The molecule has 0 radical (unpaired) electrons. The number of anilines is 1. The van der Waals surface area contributed by atoms with Crippen LogP contribution in [0.25, 0.3) is 0 Å². The zero-order valence-electron chi connectivity index (χ0n) is 11.1. The van der Waals surface area contributed by atoms with Crippen molar-refractivity contribution in [2.75, 3.05) is 5.32 Å². The van der Waals surface area contributed by atoms with Crippen molar-refractivity contribution in [2.24, 2.45) is 5.73 Å². The Morgan fingerprint density at radius 2 is 2.11 bits per heavy atom. The van der Waals surface area contributed by atoms with Gasteiger partial charge in [-0.2, -0.15) is 0 Å². The Hall–Kier alpha value is -1.46. The Balaban J connectivity index is 2.15. The molecule has 19 heavy (non-hydrogen) atoms. The molecule has 0 saturated carbocycles. The Labute approximate surface area is 122 Å². The largest absolute Gasteiger partial charge is 0.389 e. The third-order valence-electron chi connectivity index (χ3n) is 2.90. The summed E-state index contributed by atoms with van der Waals surface area (Å²) in [5.74, 6) is 0.763. The molecule has 0 amide bonds.